The molecule has 2 aliphatic rings. The molecule has 1 aromatic rings. The first-order valence-corrected chi connectivity index (χ1v) is 9.47. The Labute approximate surface area is 131 Å². The van der Waals surface area contributed by atoms with E-state index in [0.717, 1.165) is 45.2 Å². The van der Waals surface area contributed by atoms with E-state index in [0.29, 0.717) is 10.5 Å². The Hall–Kier alpha value is -1.40. The maximum atomic E-state index is 12.5. The lowest BCUT2D eigenvalue weighted by molar-refractivity contribution is 0.0940. The van der Waals surface area contributed by atoms with Crippen molar-refractivity contribution >= 4 is 15.7 Å². The van der Waals surface area contributed by atoms with E-state index in [4.69, 9.17) is 0 Å². The van der Waals surface area contributed by atoms with Crippen LogP contribution in [0.5, 0.6) is 0 Å². The lowest BCUT2D eigenvalue weighted by Crippen LogP contribution is -2.36. The van der Waals surface area contributed by atoms with Crippen LogP contribution >= 0.6 is 0 Å². The minimum Gasteiger partial charge on any atom is -0.348 e. The molecule has 120 valence electrons. The van der Waals surface area contributed by atoms with E-state index in [1.807, 2.05) is 0 Å². The molecule has 2 N–H and O–H groups in total. The van der Waals surface area contributed by atoms with E-state index in [9.17, 15) is 13.2 Å². The number of benzene rings is 1. The third kappa shape index (κ3) is 3.17. The van der Waals surface area contributed by atoms with Gasteiger partial charge in [-0.25, -0.2) is 8.42 Å². The lowest BCUT2D eigenvalue weighted by Gasteiger charge is -2.13. The summed E-state index contributed by atoms with van der Waals surface area (Å²) in [6.07, 6.45) is 4.40. The number of hydrogen-bond acceptors (Lipinski definition) is 4. The van der Waals surface area contributed by atoms with Crippen molar-refractivity contribution in [3.8, 4) is 0 Å². The molecule has 1 heterocycles. The first kappa shape index (κ1) is 15.5. The van der Waals surface area contributed by atoms with E-state index < -0.39 is 9.84 Å². The van der Waals surface area contributed by atoms with Crippen LogP contribution in [-0.2, 0) is 9.84 Å². The molecule has 22 heavy (non-hydrogen) atoms. The normalized spacial score (nSPS) is 22.8. The van der Waals surface area contributed by atoms with E-state index >= 15 is 0 Å². The van der Waals surface area contributed by atoms with Crippen LogP contribution < -0.4 is 10.6 Å². The second kappa shape index (κ2) is 6.38. The SMILES string of the molecule is O=C(NC1CCNC1)c1ccc(S(=O)(=O)C2CCCC2)cc1. The Bertz CT molecular complexity index is 628. The van der Waals surface area contributed by atoms with Crippen molar-refractivity contribution in [2.45, 2.75) is 48.3 Å². The summed E-state index contributed by atoms with van der Waals surface area (Å²) in [4.78, 5) is 12.5. The number of hydrogen-bond donors (Lipinski definition) is 2. The number of sulfone groups is 1. The van der Waals surface area contributed by atoms with E-state index in [2.05, 4.69) is 10.6 Å². The third-order valence-corrected chi connectivity index (χ3v) is 6.86. The quantitative estimate of drug-likeness (QED) is 0.881. The van der Waals surface area contributed by atoms with Crippen molar-refractivity contribution in [3.63, 3.8) is 0 Å². The van der Waals surface area contributed by atoms with Gasteiger partial charge in [0.15, 0.2) is 9.84 Å². The fourth-order valence-electron chi connectivity index (χ4n) is 3.23. The van der Waals surface area contributed by atoms with Gasteiger partial charge in [0.05, 0.1) is 10.1 Å². The van der Waals surface area contributed by atoms with Crippen LogP contribution in [0.25, 0.3) is 0 Å². The van der Waals surface area contributed by atoms with Crippen molar-refractivity contribution in [1.82, 2.24) is 10.6 Å². The number of rotatable bonds is 4. The zero-order valence-electron chi connectivity index (χ0n) is 12.5. The smallest absolute Gasteiger partial charge is 0.251 e. The molecule has 1 aliphatic heterocycles. The van der Waals surface area contributed by atoms with Gasteiger partial charge in [0.25, 0.3) is 5.91 Å². The van der Waals surface area contributed by atoms with Crippen LogP contribution in [0.3, 0.4) is 0 Å². The zero-order chi connectivity index (χ0) is 15.6. The van der Waals surface area contributed by atoms with Gasteiger partial charge in [-0.1, -0.05) is 12.8 Å². The highest BCUT2D eigenvalue weighted by atomic mass is 32.2. The van der Waals surface area contributed by atoms with Gasteiger partial charge >= 0.3 is 0 Å². The van der Waals surface area contributed by atoms with E-state index in [-0.39, 0.29) is 17.2 Å². The summed E-state index contributed by atoms with van der Waals surface area (Å²) in [6, 6.07) is 6.51. The molecule has 6 heteroatoms. The Kier molecular flexibility index (Phi) is 4.49. The topological polar surface area (TPSA) is 75.3 Å². The number of carbonyl (C=O) groups is 1. The van der Waals surface area contributed by atoms with Crippen LogP contribution in [0.2, 0.25) is 0 Å². The summed E-state index contributed by atoms with van der Waals surface area (Å²) < 4.78 is 25.0. The van der Waals surface area contributed by atoms with E-state index in [1.165, 1.54) is 0 Å². The highest BCUT2D eigenvalue weighted by Crippen LogP contribution is 2.29. The fraction of sp³-hybridized carbons (Fsp3) is 0.562. The number of nitrogens with one attached hydrogen (secondary N) is 2. The van der Waals surface area contributed by atoms with Crippen LogP contribution in [0.1, 0.15) is 42.5 Å². The number of amides is 1. The molecule has 3 rings (SSSR count). The monoisotopic (exact) mass is 322 g/mol. The zero-order valence-corrected chi connectivity index (χ0v) is 13.4. The molecule has 1 unspecified atom stereocenters. The second-order valence-corrected chi connectivity index (χ2v) is 8.37. The molecule has 0 bridgehead atoms. The molecule has 1 saturated heterocycles. The van der Waals surface area contributed by atoms with Gasteiger partial charge in [0, 0.05) is 18.2 Å². The molecular weight excluding hydrogens is 300 g/mol. The maximum absolute atomic E-state index is 12.5. The van der Waals surface area contributed by atoms with Gasteiger partial charge in [0.1, 0.15) is 0 Å². The third-order valence-electron chi connectivity index (χ3n) is 4.58. The van der Waals surface area contributed by atoms with Gasteiger partial charge in [0.2, 0.25) is 0 Å². The fourth-order valence-corrected chi connectivity index (χ4v) is 5.09. The van der Waals surface area contributed by atoms with Gasteiger partial charge in [-0.15, -0.1) is 0 Å². The summed E-state index contributed by atoms with van der Waals surface area (Å²) in [6.45, 7) is 1.71. The van der Waals surface area contributed by atoms with Gasteiger partial charge in [-0.3, -0.25) is 4.79 Å². The van der Waals surface area contributed by atoms with Crippen LogP contribution in [0, 0.1) is 0 Å². The summed E-state index contributed by atoms with van der Waals surface area (Å²) in [5.41, 5.74) is 0.511. The Morgan fingerprint density at radius 3 is 2.36 bits per heavy atom. The molecule has 2 fully saturated rings. The molecular formula is C16H22N2O3S. The predicted octanol–water partition coefficient (Wildman–Crippen LogP) is 1.49. The van der Waals surface area contributed by atoms with Crippen molar-refractivity contribution in [3.05, 3.63) is 29.8 Å². The molecule has 0 aromatic heterocycles. The summed E-state index contributed by atoms with van der Waals surface area (Å²) in [7, 11) is -3.25. The Balaban J connectivity index is 1.70. The first-order chi connectivity index (χ1) is 10.6. The second-order valence-electron chi connectivity index (χ2n) is 6.14. The number of carbonyl (C=O) groups excluding carboxylic acids is 1. The average molecular weight is 322 g/mol. The minimum absolute atomic E-state index is 0.140. The van der Waals surface area contributed by atoms with Crippen molar-refractivity contribution < 1.29 is 13.2 Å². The molecule has 0 radical (unpaired) electrons. The molecule has 1 aliphatic carbocycles. The average Bonchev–Trinajstić information content (AvgIpc) is 3.21. The molecule has 1 saturated carbocycles. The maximum Gasteiger partial charge on any atom is 0.251 e. The van der Waals surface area contributed by atoms with Crippen molar-refractivity contribution in [2.75, 3.05) is 13.1 Å². The summed E-state index contributed by atoms with van der Waals surface area (Å²) in [5, 5.41) is 5.90. The van der Waals surface area contributed by atoms with Gasteiger partial charge in [-0.05, 0) is 50.1 Å². The van der Waals surface area contributed by atoms with Gasteiger partial charge in [-0.2, -0.15) is 0 Å². The Morgan fingerprint density at radius 1 is 1.09 bits per heavy atom. The predicted molar refractivity (Wildman–Crippen MR) is 84.6 cm³/mol. The van der Waals surface area contributed by atoms with Crippen molar-refractivity contribution in [2.24, 2.45) is 0 Å². The first-order valence-electron chi connectivity index (χ1n) is 7.93. The molecule has 0 spiro atoms. The van der Waals surface area contributed by atoms with Gasteiger partial charge < -0.3 is 10.6 Å². The molecule has 5 nitrogen and oxygen atoms in total. The molecule has 1 amide bonds. The largest absolute Gasteiger partial charge is 0.348 e. The molecule has 1 atom stereocenters. The van der Waals surface area contributed by atoms with Crippen LogP contribution in [-0.4, -0.2) is 38.7 Å². The van der Waals surface area contributed by atoms with E-state index in [1.54, 1.807) is 24.3 Å². The van der Waals surface area contributed by atoms with Crippen LogP contribution in [0.15, 0.2) is 29.2 Å². The lowest BCUT2D eigenvalue weighted by atomic mass is 10.2. The van der Waals surface area contributed by atoms with Crippen LogP contribution in [0.4, 0.5) is 0 Å². The summed E-state index contributed by atoms with van der Waals surface area (Å²) in [5.74, 6) is -0.140. The highest BCUT2D eigenvalue weighted by Gasteiger charge is 2.30. The summed E-state index contributed by atoms with van der Waals surface area (Å²) >= 11 is 0. The van der Waals surface area contributed by atoms with Crippen molar-refractivity contribution in [1.29, 1.82) is 0 Å². The molecule has 1 aromatic carbocycles. The minimum atomic E-state index is -3.25. The Morgan fingerprint density at radius 2 is 1.77 bits per heavy atom. The highest BCUT2D eigenvalue weighted by molar-refractivity contribution is 7.92. The standard InChI is InChI=1S/C16H22N2O3S/c19-16(18-13-9-10-17-11-13)12-5-7-15(8-6-12)22(20,21)14-3-1-2-4-14/h5-8,13-14,17H,1-4,9-11H2,(H,18,19).